The normalized spacial score (nSPS) is 12.1. The number of hydrogen-bond donors (Lipinski definition) is 2. The molecule has 0 atom stereocenters. The van der Waals surface area contributed by atoms with Gasteiger partial charge in [-0.05, 0) is 77.1 Å². The lowest BCUT2D eigenvalue weighted by molar-refractivity contribution is -0.116. The number of hydrogen-bond acceptors (Lipinski definition) is 2. The number of anilines is 1. The zero-order valence-corrected chi connectivity index (χ0v) is 18.7. The van der Waals surface area contributed by atoms with Crippen molar-refractivity contribution < 1.29 is 9.90 Å². The van der Waals surface area contributed by atoms with E-state index in [0.29, 0.717) is 12.8 Å². The van der Waals surface area contributed by atoms with E-state index in [2.05, 4.69) is 65.9 Å². The van der Waals surface area contributed by atoms with Crippen molar-refractivity contribution in [3.05, 3.63) is 58.1 Å². The first kappa shape index (κ1) is 22.0. The molecule has 0 saturated carbocycles. The summed E-state index contributed by atoms with van der Waals surface area (Å²) >= 11 is 0. The average molecular weight is 382 g/mol. The van der Waals surface area contributed by atoms with Crippen LogP contribution < -0.4 is 5.32 Å². The van der Waals surface area contributed by atoms with Gasteiger partial charge in [0.2, 0.25) is 5.91 Å². The third kappa shape index (κ3) is 5.37. The van der Waals surface area contributed by atoms with Crippen LogP contribution in [0.3, 0.4) is 0 Å². The molecule has 0 aromatic heterocycles. The Balaban J connectivity index is 2.21. The van der Waals surface area contributed by atoms with Crippen LogP contribution in [0.4, 0.5) is 5.69 Å². The Morgan fingerprint density at radius 1 is 0.929 bits per heavy atom. The summed E-state index contributed by atoms with van der Waals surface area (Å²) in [5.74, 6) is 0.224. The Morgan fingerprint density at radius 3 is 1.93 bits per heavy atom. The molecule has 3 heteroatoms. The van der Waals surface area contributed by atoms with E-state index in [9.17, 15) is 9.90 Å². The minimum absolute atomic E-state index is 0.0136. The summed E-state index contributed by atoms with van der Waals surface area (Å²) in [7, 11) is 0. The van der Waals surface area contributed by atoms with Gasteiger partial charge >= 0.3 is 0 Å². The zero-order chi connectivity index (χ0) is 21.3. The number of carbonyl (C=O) groups excluding carboxylic acids is 1. The van der Waals surface area contributed by atoms with E-state index in [0.717, 1.165) is 11.3 Å². The van der Waals surface area contributed by atoms with Crippen molar-refractivity contribution in [2.24, 2.45) is 0 Å². The number of aromatic hydroxyl groups is 1. The second kappa shape index (κ2) is 7.98. The van der Waals surface area contributed by atoms with Crippen LogP contribution in [0.25, 0.3) is 0 Å². The molecule has 0 aliphatic rings. The van der Waals surface area contributed by atoms with E-state index >= 15 is 0 Å². The Morgan fingerprint density at radius 2 is 1.46 bits per heavy atom. The van der Waals surface area contributed by atoms with Gasteiger partial charge in [-0.1, -0.05) is 53.7 Å². The quantitative estimate of drug-likeness (QED) is 0.622. The molecular weight excluding hydrogens is 346 g/mol. The van der Waals surface area contributed by atoms with Crippen LogP contribution in [0.1, 0.15) is 75.8 Å². The second-order valence-electron chi connectivity index (χ2n) is 9.87. The predicted molar refractivity (Wildman–Crippen MR) is 118 cm³/mol. The van der Waals surface area contributed by atoms with Gasteiger partial charge in [-0.2, -0.15) is 0 Å². The molecule has 2 N–H and O–H groups in total. The third-order valence-electron chi connectivity index (χ3n) is 5.20. The van der Waals surface area contributed by atoms with Gasteiger partial charge in [0.25, 0.3) is 0 Å². The molecular formula is C25H35NO2. The maximum absolute atomic E-state index is 12.4. The van der Waals surface area contributed by atoms with Crippen LogP contribution in [0, 0.1) is 13.8 Å². The van der Waals surface area contributed by atoms with E-state index in [1.807, 2.05) is 6.92 Å². The van der Waals surface area contributed by atoms with Gasteiger partial charge in [-0.25, -0.2) is 0 Å². The van der Waals surface area contributed by atoms with Gasteiger partial charge in [-0.15, -0.1) is 0 Å². The van der Waals surface area contributed by atoms with Crippen molar-refractivity contribution in [1.29, 1.82) is 0 Å². The van der Waals surface area contributed by atoms with E-state index in [1.165, 1.54) is 22.3 Å². The van der Waals surface area contributed by atoms with Crippen molar-refractivity contribution in [2.45, 2.75) is 79.1 Å². The molecule has 28 heavy (non-hydrogen) atoms. The van der Waals surface area contributed by atoms with Gasteiger partial charge in [0.15, 0.2) is 0 Å². The number of amides is 1. The Kier molecular flexibility index (Phi) is 6.27. The first-order valence-corrected chi connectivity index (χ1v) is 10.0. The predicted octanol–water partition coefficient (Wildman–Crippen LogP) is 6.18. The average Bonchev–Trinajstić information content (AvgIpc) is 2.55. The molecule has 1 amide bonds. The molecule has 0 unspecified atom stereocenters. The number of benzene rings is 2. The minimum Gasteiger partial charge on any atom is -0.508 e. The van der Waals surface area contributed by atoms with E-state index in [1.54, 1.807) is 18.2 Å². The van der Waals surface area contributed by atoms with Crippen molar-refractivity contribution in [1.82, 2.24) is 0 Å². The van der Waals surface area contributed by atoms with Crippen LogP contribution in [-0.4, -0.2) is 11.0 Å². The highest BCUT2D eigenvalue weighted by Gasteiger charge is 2.24. The van der Waals surface area contributed by atoms with Crippen molar-refractivity contribution in [3.8, 4) is 5.75 Å². The number of nitrogens with one attached hydrogen (secondary N) is 1. The van der Waals surface area contributed by atoms with Crippen LogP contribution in [0.15, 0.2) is 30.3 Å². The van der Waals surface area contributed by atoms with Crippen LogP contribution in [-0.2, 0) is 22.0 Å². The van der Waals surface area contributed by atoms with Gasteiger partial charge in [0, 0.05) is 12.1 Å². The SMILES string of the molecule is Cc1cc(NC(=O)CCc2cc(C(C)(C)C)c(C)c(C(C)(C)C)c2)ccc1O. The van der Waals surface area contributed by atoms with Gasteiger partial charge in [-0.3, -0.25) is 4.79 Å². The summed E-state index contributed by atoms with van der Waals surface area (Å²) < 4.78 is 0. The lowest BCUT2D eigenvalue weighted by Gasteiger charge is -2.30. The summed E-state index contributed by atoms with van der Waals surface area (Å²) in [4.78, 5) is 12.4. The lowest BCUT2D eigenvalue weighted by Crippen LogP contribution is -2.20. The van der Waals surface area contributed by atoms with E-state index in [-0.39, 0.29) is 22.5 Å². The smallest absolute Gasteiger partial charge is 0.224 e. The molecule has 0 saturated heterocycles. The van der Waals surface area contributed by atoms with Crippen molar-refractivity contribution in [2.75, 3.05) is 5.32 Å². The third-order valence-corrected chi connectivity index (χ3v) is 5.20. The number of phenols is 1. The van der Waals surface area contributed by atoms with Gasteiger partial charge in [0.1, 0.15) is 5.75 Å². The Labute approximate surface area is 170 Å². The fourth-order valence-electron chi connectivity index (χ4n) is 3.69. The highest BCUT2D eigenvalue weighted by atomic mass is 16.3. The lowest BCUT2D eigenvalue weighted by atomic mass is 9.75. The van der Waals surface area contributed by atoms with Gasteiger partial charge < -0.3 is 10.4 Å². The number of phenolic OH excluding ortho intramolecular Hbond substituents is 1. The molecule has 0 radical (unpaired) electrons. The van der Waals surface area contributed by atoms with Crippen molar-refractivity contribution >= 4 is 11.6 Å². The molecule has 152 valence electrons. The second-order valence-corrected chi connectivity index (χ2v) is 9.87. The summed E-state index contributed by atoms with van der Waals surface area (Å²) in [5, 5.41) is 12.6. The highest BCUT2D eigenvalue weighted by Crippen LogP contribution is 2.35. The molecule has 0 aliphatic carbocycles. The van der Waals surface area contributed by atoms with Crippen LogP contribution >= 0.6 is 0 Å². The Hall–Kier alpha value is -2.29. The molecule has 2 aromatic carbocycles. The van der Waals surface area contributed by atoms with Crippen LogP contribution in [0.5, 0.6) is 5.75 Å². The maximum atomic E-state index is 12.4. The summed E-state index contributed by atoms with van der Waals surface area (Å²) in [5.41, 5.74) is 6.85. The molecule has 0 fully saturated rings. The fourth-order valence-corrected chi connectivity index (χ4v) is 3.69. The highest BCUT2D eigenvalue weighted by molar-refractivity contribution is 5.91. The summed E-state index contributed by atoms with van der Waals surface area (Å²) in [6.45, 7) is 17.5. The fraction of sp³-hybridized carbons (Fsp3) is 0.480. The van der Waals surface area contributed by atoms with Crippen LogP contribution in [0.2, 0.25) is 0 Å². The van der Waals surface area contributed by atoms with E-state index in [4.69, 9.17) is 0 Å². The maximum Gasteiger partial charge on any atom is 0.224 e. The monoisotopic (exact) mass is 381 g/mol. The number of rotatable bonds is 4. The van der Waals surface area contributed by atoms with Crippen molar-refractivity contribution in [3.63, 3.8) is 0 Å². The first-order valence-electron chi connectivity index (χ1n) is 10.0. The topological polar surface area (TPSA) is 49.3 Å². The zero-order valence-electron chi connectivity index (χ0n) is 18.7. The summed E-state index contributed by atoms with van der Waals surface area (Å²) in [6, 6.07) is 9.65. The largest absolute Gasteiger partial charge is 0.508 e. The number of aryl methyl sites for hydroxylation is 2. The Bertz CT molecular complexity index is 832. The first-order chi connectivity index (χ1) is 12.8. The minimum atomic E-state index is -0.0136. The molecule has 0 bridgehead atoms. The molecule has 0 spiro atoms. The molecule has 2 rings (SSSR count). The molecule has 3 nitrogen and oxygen atoms in total. The van der Waals surface area contributed by atoms with Gasteiger partial charge in [0.05, 0.1) is 0 Å². The summed E-state index contributed by atoms with van der Waals surface area (Å²) in [6.07, 6.45) is 1.13. The number of carbonyl (C=O) groups is 1. The molecule has 2 aromatic rings. The molecule has 0 aliphatic heterocycles. The van der Waals surface area contributed by atoms with E-state index < -0.39 is 0 Å². The standard InChI is InChI=1S/C25H35NO2/c1-16-13-19(10-11-22(16)27)26-23(28)12-9-18-14-20(24(3,4)5)17(2)21(15-18)25(6,7)8/h10-11,13-15,27H,9,12H2,1-8H3,(H,26,28). The molecule has 0 heterocycles.